The fraction of sp³-hybridized carbons (Fsp3) is 0.385. The van der Waals surface area contributed by atoms with Crippen LogP contribution in [0.5, 0.6) is 0 Å². The summed E-state index contributed by atoms with van der Waals surface area (Å²) in [6.45, 7) is 0.826. The first-order valence-electron chi connectivity index (χ1n) is 5.85. The highest BCUT2D eigenvalue weighted by molar-refractivity contribution is 5.30. The Kier molecular flexibility index (Phi) is 2.33. The molecule has 1 aromatic rings. The number of benzene rings is 1. The summed E-state index contributed by atoms with van der Waals surface area (Å²) >= 11 is 0. The largest absolute Gasteiger partial charge is 0.354 e. The number of hydrogen-bond donors (Lipinski definition) is 1. The highest BCUT2D eigenvalue weighted by Gasteiger charge is 2.24. The Morgan fingerprint density at radius 2 is 1.94 bits per heavy atom. The molecule has 84 valence electrons. The van der Waals surface area contributed by atoms with Crippen molar-refractivity contribution in [3.05, 3.63) is 47.8 Å². The molecule has 0 spiro atoms. The van der Waals surface area contributed by atoms with Crippen LogP contribution in [0.1, 0.15) is 17.5 Å². The summed E-state index contributed by atoms with van der Waals surface area (Å²) in [5.41, 5.74) is 3.02. The zero-order chi connectivity index (χ0) is 11.0. The van der Waals surface area contributed by atoms with Crippen molar-refractivity contribution in [2.75, 3.05) is 6.67 Å². The summed E-state index contributed by atoms with van der Waals surface area (Å²) in [6.07, 6.45) is 7.62. The third kappa shape index (κ3) is 1.67. The molecule has 0 fully saturated rings. The van der Waals surface area contributed by atoms with Crippen molar-refractivity contribution in [3.63, 3.8) is 0 Å². The third-order valence-electron chi connectivity index (χ3n) is 3.57. The van der Waals surface area contributed by atoms with Gasteiger partial charge in [0.1, 0.15) is 6.67 Å². The van der Waals surface area contributed by atoms with E-state index in [-0.39, 0.29) is 0 Å². The molecule has 0 saturated carbocycles. The molecule has 0 radical (unpaired) electrons. The second-order valence-corrected chi connectivity index (χ2v) is 4.63. The molecule has 1 heterocycles. The predicted molar refractivity (Wildman–Crippen MR) is 64.1 cm³/mol. The molecule has 2 N–H and O–H groups in total. The Bertz CT molecular complexity index is 413. The topological polar surface area (TPSA) is 32.5 Å². The van der Waals surface area contributed by atoms with E-state index in [9.17, 15) is 0 Å². The summed E-state index contributed by atoms with van der Waals surface area (Å²) < 4.78 is 0. The van der Waals surface area contributed by atoms with Crippen LogP contribution in [0.2, 0.25) is 0 Å². The van der Waals surface area contributed by atoms with Gasteiger partial charge in [0.2, 0.25) is 0 Å². The summed E-state index contributed by atoms with van der Waals surface area (Å²) in [7, 11) is 0. The van der Waals surface area contributed by atoms with E-state index in [4.69, 9.17) is 5.84 Å². The maximum absolute atomic E-state index is 5.73. The van der Waals surface area contributed by atoms with Crippen LogP contribution in [-0.2, 0) is 12.8 Å². The fourth-order valence-electron chi connectivity index (χ4n) is 2.65. The lowest BCUT2D eigenvalue weighted by molar-refractivity contribution is 0.199. The molecule has 1 aliphatic heterocycles. The molecule has 1 aliphatic carbocycles. The summed E-state index contributed by atoms with van der Waals surface area (Å²) in [5.74, 6) is 5.73. The minimum atomic E-state index is 0.611. The number of fused-ring (bicyclic) bond motifs is 1. The summed E-state index contributed by atoms with van der Waals surface area (Å²) in [6, 6.07) is 9.38. The van der Waals surface area contributed by atoms with Crippen molar-refractivity contribution in [2.24, 2.45) is 5.84 Å². The van der Waals surface area contributed by atoms with E-state index in [1.807, 2.05) is 6.20 Å². The molecular formula is C13H17N3. The number of aryl methyl sites for hydroxylation is 1. The first kappa shape index (κ1) is 9.73. The molecule has 1 atom stereocenters. The maximum Gasteiger partial charge on any atom is 0.104 e. The number of nitrogens with two attached hydrogens (primary N) is 1. The van der Waals surface area contributed by atoms with Crippen LogP contribution in [0.25, 0.3) is 0 Å². The Balaban J connectivity index is 1.76. The van der Waals surface area contributed by atoms with E-state index in [1.54, 1.807) is 5.01 Å². The van der Waals surface area contributed by atoms with Crippen LogP contribution in [0.3, 0.4) is 0 Å². The average molecular weight is 215 g/mol. The Morgan fingerprint density at radius 3 is 2.69 bits per heavy atom. The monoisotopic (exact) mass is 215 g/mol. The van der Waals surface area contributed by atoms with Gasteiger partial charge in [0, 0.05) is 18.4 Å². The normalized spacial score (nSPS) is 23.7. The number of rotatable bonds is 1. The van der Waals surface area contributed by atoms with Gasteiger partial charge in [0.15, 0.2) is 0 Å². The highest BCUT2D eigenvalue weighted by Crippen LogP contribution is 2.25. The van der Waals surface area contributed by atoms with Crippen LogP contribution in [0.4, 0.5) is 0 Å². The van der Waals surface area contributed by atoms with Crippen molar-refractivity contribution in [1.82, 2.24) is 9.91 Å². The first-order chi connectivity index (χ1) is 7.83. The molecule has 1 aromatic carbocycles. The quantitative estimate of drug-likeness (QED) is 0.720. The minimum absolute atomic E-state index is 0.611. The Morgan fingerprint density at radius 1 is 1.12 bits per heavy atom. The standard InChI is InChI=1S/C13H17N3/c14-16-8-7-15(10-16)13-6-5-11-3-1-2-4-12(11)9-13/h1-4,7-8,13H,5-6,9-10,14H2. The molecule has 2 aliphatic rings. The molecule has 0 aromatic heterocycles. The predicted octanol–water partition coefficient (Wildman–Crippen LogP) is 1.46. The van der Waals surface area contributed by atoms with Gasteiger partial charge in [-0.2, -0.15) is 0 Å². The number of hydrogen-bond acceptors (Lipinski definition) is 3. The molecule has 3 heteroatoms. The molecule has 1 unspecified atom stereocenters. The lowest BCUT2D eigenvalue weighted by atomic mass is 9.88. The van der Waals surface area contributed by atoms with Gasteiger partial charge in [0.05, 0.1) is 0 Å². The van der Waals surface area contributed by atoms with Crippen LogP contribution < -0.4 is 5.84 Å². The Hall–Kier alpha value is -1.48. The number of nitrogens with zero attached hydrogens (tertiary/aromatic N) is 2. The van der Waals surface area contributed by atoms with Crippen LogP contribution in [0.15, 0.2) is 36.7 Å². The van der Waals surface area contributed by atoms with Gasteiger partial charge in [0.25, 0.3) is 0 Å². The van der Waals surface area contributed by atoms with Crippen LogP contribution in [0, 0.1) is 0 Å². The number of hydrazine groups is 1. The lowest BCUT2D eigenvalue weighted by Gasteiger charge is -2.32. The highest BCUT2D eigenvalue weighted by atomic mass is 15.5. The lowest BCUT2D eigenvalue weighted by Crippen LogP contribution is -2.39. The SMILES string of the molecule is NN1C=CN(C2CCc3ccccc3C2)C1. The molecular weight excluding hydrogens is 198 g/mol. The van der Waals surface area contributed by atoms with Crippen molar-refractivity contribution in [2.45, 2.75) is 25.3 Å². The van der Waals surface area contributed by atoms with Gasteiger partial charge in [-0.15, -0.1) is 0 Å². The molecule has 16 heavy (non-hydrogen) atoms. The Labute approximate surface area is 96.1 Å². The molecule has 3 nitrogen and oxygen atoms in total. The zero-order valence-electron chi connectivity index (χ0n) is 9.34. The van der Waals surface area contributed by atoms with Crippen molar-refractivity contribution in [1.29, 1.82) is 0 Å². The van der Waals surface area contributed by atoms with Crippen molar-refractivity contribution in [3.8, 4) is 0 Å². The van der Waals surface area contributed by atoms with Crippen molar-refractivity contribution < 1.29 is 0 Å². The van der Waals surface area contributed by atoms with E-state index in [1.165, 1.54) is 24.0 Å². The molecule has 0 bridgehead atoms. The van der Waals surface area contributed by atoms with Gasteiger partial charge < -0.3 is 4.90 Å². The van der Waals surface area contributed by atoms with Gasteiger partial charge in [-0.25, -0.2) is 5.84 Å². The molecule has 0 saturated heterocycles. The second-order valence-electron chi connectivity index (χ2n) is 4.63. The molecule has 3 rings (SSSR count). The summed E-state index contributed by atoms with van der Waals surface area (Å²) in [5, 5.41) is 1.74. The average Bonchev–Trinajstić information content (AvgIpc) is 2.75. The third-order valence-corrected chi connectivity index (χ3v) is 3.57. The van der Waals surface area contributed by atoms with E-state index in [0.717, 1.165) is 13.1 Å². The first-order valence-corrected chi connectivity index (χ1v) is 5.85. The van der Waals surface area contributed by atoms with E-state index in [0.29, 0.717) is 6.04 Å². The van der Waals surface area contributed by atoms with Gasteiger partial charge in [-0.1, -0.05) is 24.3 Å². The van der Waals surface area contributed by atoms with Crippen molar-refractivity contribution >= 4 is 0 Å². The smallest absolute Gasteiger partial charge is 0.104 e. The fourth-order valence-corrected chi connectivity index (χ4v) is 2.65. The minimum Gasteiger partial charge on any atom is -0.354 e. The summed E-state index contributed by atoms with van der Waals surface area (Å²) in [4.78, 5) is 2.34. The van der Waals surface area contributed by atoms with Crippen LogP contribution >= 0.6 is 0 Å². The van der Waals surface area contributed by atoms with E-state index < -0.39 is 0 Å². The zero-order valence-corrected chi connectivity index (χ0v) is 9.34. The van der Waals surface area contributed by atoms with Gasteiger partial charge in [-0.3, -0.25) is 5.01 Å². The van der Waals surface area contributed by atoms with Crippen LogP contribution in [-0.4, -0.2) is 22.6 Å². The van der Waals surface area contributed by atoms with E-state index >= 15 is 0 Å². The van der Waals surface area contributed by atoms with Gasteiger partial charge in [-0.05, 0) is 30.4 Å². The van der Waals surface area contributed by atoms with Gasteiger partial charge >= 0.3 is 0 Å². The maximum atomic E-state index is 5.73. The van der Waals surface area contributed by atoms with E-state index in [2.05, 4.69) is 35.4 Å². The molecule has 0 amide bonds. The second kappa shape index (κ2) is 3.83.